The third-order valence-electron chi connectivity index (χ3n) is 19.1. The van der Waals surface area contributed by atoms with Crippen LogP contribution in [0.25, 0.3) is 32.7 Å². The van der Waals surface area contributed by atoms with Gasteiger partial charge in [0.15, 0.2) is 5.96 Å². The largest absolute Gasteiger partial charge is 0.481 e. The first-order valence-electron chi connectivity index (χ1n) is 37.9. The van der Waals surface area contributed by atoms with Gasteiger partial charge in [-0.1, -0.05) is 90.0 Å². The number of benzene rings is 3. The van der Waals surface area contributed by atoms with E-state index in [1.807, 2.05) is 0 Å². The van der Waals surface area contributed by atoms with Crippen LogP contribution in [0.15, 0.2) is 104 Å². The first-order chi connectivity index (χ1) is 56.6. The highest BCUT2D eigenvalue weighted by Crippen LogP contribution is 2.26. The van der Waals surface area contributed by atoms with Gasteiger partial charge in [0.05, 0.1) is 31.1 Å². The number of carboxylic acid groups (broad SMARTS) is 1. The fourth-order valence-corrected chi connectivity index (χ4v) is 15.2. The number of rotatable bonds is 25. The molecule has 7 aromatic rings. The fourth-order valence-electron chi connectivity index (χ4n) is 12.9. The van der Waals surface area contributed by atoms with E-state index in [4.69, 9.17) is 22.6 Å². The molecule has 3 aromatic carbocycles. The Balaban J connectivity index is 1.21. The number of para-hydroxylation sites is 3. The summed E-state index contributed by atoms with van der Waals surface area (Å²) in [7, 11) is 1.62. The summed E-state index contributed by atoms with van der Waals surface area (Å²) in [5.74, 6) is -19.7. The Morgan fingerprint density at radius 2 is 1.08 bits per heavy atom. The molecule has 1 aliphatic heterocycles. The number of guanidine groups is 1. The second kappa shape index (κ2) is 43.8. The highest BCUT2D eigenvalue weighted by atomic mass is 33.1. The molecular formula is C76H99N23O18S2. The van der Waals surface area contributed by atoms with Crippen molar-refractivity contribution in [3.8, 4) is 0 Å². The van der Waals surface area contributed by atoms with Gasteiger partial charge in [0.2, 0.25) is 88.6 Å². The normalized spacial score (nSPS) is 21.9. The predicted octanol–water partition coefficient (Wildman–Crippen LogP) is -3.98. The molecular weight excluding hydrogens is 1590 g/mol. The zero-order valence-electron chi connectivity index (χ0n) is 65.5. The smallest absolute Gasteiger partial charge is 0.305 e. The number of nitrogens with two attached hydrogens (primary N) is 3. The number of H-pyrrole nitrogens is 4. The minimum absolute atomic E-state index is 0.0130. The quantitative estimate of drug-likeness (QED) is 0.0112. The lowest BCUT2D eigenvalue weighted by molar-refractivity contribution is -0.141. The average molecular weight is 1690 g/mol. The number of hydrogen-bond acceptors (Lipinski definition) is 21. The van der Waals surface area contributed by atoms with E-state index in [1.165, 1.54) is 39.5 Å². The van der Waals surface area contributed by atoms with Crippen LogP contribution >= 0.6 is 21.6 Å². The summed E-state index contributed by atoms with van der Waals surface area (Å²) in [6.45, 7) is 5.66. The molecule has 638 valence electrons. The number of aliphatic hydroxyl groups excluding tert-OH is 1. The number of aromatic nitrogens is 5. The van der Waals surface area contributed by atoms with Crippen LogP contribution in [-0.4, -0.2) is 239 Å². The first kappa shape index (κ1) is 91.5. The van der Waals surface area contributed by atoms with Gasteiger partial charge < -0.3 is 122 Å². The molecule has 5 heterocycles. The topological polar surface area (TPSA) is 660 Å². The van der Waals surface area contributed by atoms with E-state index in [9.17, 15) is 72.5 Å². The number of hydrogen-bond donors (Lipinski definition) is 24. The molecule has 1 saturated heterocycles. The van der Waals surface area contributed by atoms with Crippen molar-refractivity contribution in [2.75, 3.05) is 24.6 Å². The van der Waals surface area contributed by atoms with Gasteiger partial charge in [-0.3, -0.25) is 82.1 Å². The van der Waals surface area contributed by atoms with Crippen molar-refractivity contribution in [2.24, 2.45) is 23.1 Å². The first-order valence-corrected chi connectivity index (χ1v) is 40.4. The number of nitrogens with one attached hydrogen (secondary N) is 19. The number of amides is 15. The van der Waals surface area contributed by atoms with Crippen LogP contribution in [-0.2, 0) is 102 Å². The van der Waals surface area contributed by atoms with E-state index in [-0.39, 0.29) is 50.8 Å². The molecule has 8 rings (SSSR count). The van der Waals surface area contributed by atoms with Gasteiger partial charge in [-0.25, -0.2) is 4.98 Å². The molecule has 13 atom stereocenters. The standard InChI is InChI=1S/C76H99N23O18S2/c1-36(2)62-75(117)95-54(25-42-30-85-49-18-11-8-15-46(42)49)70(112)91-51(20-21-59(77)102)68(110)94-56(27-61(104)105)72(114)93-52(23-40-28-83-47-16-9-6-13-44(40)47)66(108)86-32-60(103)88-37(3)65(107)92-55(26-43-31-81-35-87-43)71(113)90-50(19-12-22-82-76(79)80)67(109)96-58(74(116)99-63(38(4)100)64(78)106)34-119-118-33-57(73(115)98-62)97-69(111)53(89-39(5)101)24-41-29-84-48-17-10-7-14-45(41)48/h6-11,13-18,28-31,35-38,50-58,62-63,83-85,100H,12,19-27,32-34H2,1-5H3,(H2,77,102)(H2,78,106)(H,81,87)(H,86,108)(H,88,103)(H,89,101)(H,90,113)(H,91,112)(H,92,107)(H,93,114)(H,94,110)(H,95,117)(H,96,109)(H,97,111)(H,98,115)(H,99,116)(H,104,105)(H4,79,80,82)/t37-,38+,50-,51-,52-,53-,54-,55-,56-,57-,58-,62-,63-/m0/s1. The van der Waals surface area contributed by atoms with Gasteiger partial charge >= 0.3 is 5.97 Å². The Morgan fingerprint density at radius 3 is 1.63 bits per heavy atom. The molecule has 0 unspecified atom stereocenters. The molecule has 4 aromatic heterocycles. The van der Waals surface area contributed by atoms with E-state index in [0.29, 0.717) is 49.4 Å². The van der Waals surface area contributed by atoms with Crippen molar-refractivity contribution in [1.29, 1.82) is 5.41 Å². The second-order valence-electron chi connectivity index (χ2n) is 28.7. The third-order valence-corrected chi connectivity index (χ3v) is 21.6. The molecule has 43 heteroatoms. The fraction of sp³-hybridized carbons (Fsp3) is 0.421. The number of nitrogens with zero attached hydrogens (tertiary/aromatic N) is 1. The third kappa shape index (κ3) is 27.3. The number of aliphatic hydroxyl groups is 1. The number of imidazole rings is 1. The average Bonchev–Trinajstić information content (AvgIpc) is 1.70. The van der Waals surface area contributed by atoms with Gasteiger partial charge in [0, 0.05) is 115 Å². The van der Waals surface area contributed by atoms with Crippen molar-refractivity contribution in [3.05, 3.63) is 126 Å². The van der Waals surface area contributed by atoms with Crippen LogP contribution in [0.4, 0.5) is 0 Å². The lowest BCUT2D eigenvalue weighted by atomic mass is 9.99. The highest BCUT2D eigenvalue weighted by Gasteiger charge is 2.39. The van der Waals surface area contributed by atoms with Crippen molar-refractivity contribution in [2.45, 2.75) is 171 Å². The molecule has 1 aliphatic rings. The number of carbonyl (C=O) groups excluding carboxylic acids is 15. The summed E-state index contributed by atoms with van der Waals surface area (Å²) in [5, 5.41) is 65.9. The van der Waals surface area contributed by atoms with Gasteiger partial charge in [-0.05, 0) is 73.9 Å². The maximum Gasteiger partial charge on any atom is 0.305 e. The maximum absolute atomic E-state index is 15.3. The number of carboxylic acids is 1. The maximum atomic E-state index is 15.3. The summed E-state index contributed by atoms with van der Waals surface area (Å²) in [6, 6.07) is 0.495. The Kier molecular flexibility index (Phi) is 33.6. The Bertz CT molecular complexity index is 4860. The summed E-state index contributed by atoms with van der Waals surface area (Å²) in [5.41, 5.74) is 20.3. The van der Waals surface area contributed by atoms with Crippen molar-refractivity contribution >= 4 is 155 Å². The predicted molar refractivity (Wildman–Crippen MR) is 436 cm³/mol. The van der Waals surface area contributed by atoms with Crippen molar-refractivity contribution in [1.82, 2.24) is 99.4 Å². The molecule has 41 nitrogen and oxygen atoms in total. The van der Waals surface area contributed by atoms with Crippen LogP contribution in [0.2, 0.25) is 0 Å². The molecule has 27 N–H and O–H groups in total. The number of carbonyl (C=O) groups is 16. The summed E-state index contributed by atoms with van der Waals surface area (Å²) in [6.07, 6.45) is 1.90. The van der Waals surface area contributed by atoms with Crippen LogP contribution < -0.4 is 91.6 Å². The van der Waals surface area contributed by atoms with E-state index in [0.717, 1.165) is 35.4 Å². The Hall–Kier alpha value is -13.1. The molecule has 1 fully saturated rings. The number of fused-ring (bicyclic) bond motifs is 3. The number of primary amides is 2. The number of aliphatic carboxylic acids is 1. The SMILES string of the molecule is CC(=O)N[C@@H](Cc1c[nH]c2ccccc12)C(=O)N[C@H]1CSSC[C@@H](C(=O)N[C@H](C(N)=O)[C@@H](C)O)NC(=O)[C@H](CCCNC(=N)N)NC(=O)[C@H](Cc2c[nH]cn2)NC(=O)[C@H](C)NC(=O)CNC(=O)[C@H](Cc2c[nH]c3ccccc23)NC(=O)[C@H](CC(=O)O)NC(=O)[C@H](CCC(N)=O)NC(=O)[C@H](Cc2c[nH]c3ccccc23)NC(=O)[C@H](C(C)C)NC1=O. The molecule has 0 bridgehead atoms. The summed E-state index contributed by atoms with van der Waals surface area (Å²) >= 11 is 0. The molecule has 119 heavy (non-hydrogen) atoms. The lowest BCUT2D eigenvalue weighted by Crippen LogP contribution is -2.61. The van der Waals surface area contributed by atoms with Crippen molar-refractivity contribution < 1.29 is 86.9 Å². The Morgan fingerprint density at radius 1 is 0.580 bits per heavy atom. The number of aromatic amines is 4. The van der Waals surface area contributed by atoms with E-state index < -0.39 is 222 Å². The van der Waals surface area contributed by atoms with Gasteiger partial charge in [-0.2, -0.15) is 0 Å². The minimum atomic E-state index is -2.07. The summed E-state index contributed by atoms with van der Waals surface area (Å²) in [4.78, 5) is 244. The van der Waals surface area contributed by atoms with Gasteiger partial charge in [0.25, 0.3) is 0 Å². The second-order valence-corrected chi connectivity index (χ2v) is 31.3. The van der Waals surface area contributed by atoms with Crippen LogP contribution in [0.1, 0.15) is 89.1 Å². The minimum Gasteiger partial charge on any atom is -0.481 e. The van der Waals surface area contributed by atoms with E-state index in [2.05, 4.69) is 99.4 Å². The van der Waals surface area contributed by atoms with E-state index in [1.54, 1.807) is 85.2 Å². The van der Waals surface area contributed by atoms with Crippen LogP contribution in [0, 0.1) is 11.3 Å². The Labute approximate surface area is 688 Å². The van der Waals surface area contributed by atoms with Gasteiger partial charge in [-0.15, -0.1) is 0 Å². The summed E-state index contributed by atoms with van der Waals surface area (Å²) < 4.78 is 0. The van der Waals surface area contributed by atoms with Gasteiger partial charge in [0.1, 0.15) is 72.5 Å². The monoisotopic (exact) mass is 1690 g/mol. The zero-order valence-corrected chi connectivity index (χ0v) is 67.1. The van der Waals surface area contributed by atoms with E-state index >= 15 is 14.4 Å². The van der Waals surface area contributed by atoms with Crippen LogP contribution in [0.3, 0.4) is 0 Å². The zero-order chi connectivity index (χ0) is 86.7. The highest BCUT2D eigenvalue weighted by molar-refractivity contribution is 8.76. The molecule has 0 spiro atoms. The molecule has 0 radical (unpaired) electrons. The lowest BCUT2D eigenvalue weighted by Gasteiger charge is -2.29. The van der Waals surface area contributed by atoms with Crippen molar-refractivity contribution in [3.63, 3.8) is 0 Å². The molecule has 0 saturated carbocycles. The van der Waals surface area contributed by atoms with Crippen LogP contribution in [0.5, 0.6) is 0 Å². The molecule has 15 amide bonds. The molecule has 0 aliphatic carbocycles.